The predicted octanol–water partition coefficient (Wildman–Crippen LogP) is 5.20. The second-order valence-electron chi connectivity index (χ2n) is 12.5. The fourth-order valence-electron chi connectivity index (χ4n) is 6.20. The SMILES string of the molecule is Cc1c(Nc2nc(Nc3c(C)n(C)n(-c4ccccc4)c3=O)nc(NN3C(=O)C(=Cc4ccco4)N=C3c3ccccc3)n2)c(=O)n(-c2ccccc2)n1C. The van der Waals surface area contributed by atoms with Crippen molar-refractivity contribution in [1.82, 2.24) is 38.7 Å². The molecule has 7 aromatic rings. The largest absolute Gasteiger partial charge is 0.465 e. The van der Waals surface area contributed by atoms with Crippen LogP contribution in [-0.4, -0.2) is 50.4 Å². The molecule has 4 aromatic heterocycles. The molecule has 5 heterocycles. The normalized spacial score (nSPS) is 13.4. The lowest BCUT2D eigenvalue weighted by Gasteiger charge is -2.20. The van der Waals surface area contributed by atoms with Crippen LogP contribution in [0.3, 0.4) is 0 Å². The number of furan rings is 1. The number of nitrogens with zero attached hydrogens (tertiary/aromatic N) is 9. The molecule has 3 N–H and O–H groups in total. The number of anilines is 5. The molecule has 0 saturated carbocycles. The first-order valence-corrected chi connectivity index (χ1v) is 17.2. The zero-order valence-corrected chi connectivity index (χ0v) is 30.1. The van der Waals surface area contributed by atoms with Crippen molar-refractivity contribution in [2.24, 2.45) is 19.1 Å². The highest BCUT2D eigenvalue weighted by Crippen LogP contribution is 2.26. The highest BCUT2D eigenvalue weighted by molar-refractivity contribution is 6.20. The van der Waals surface area contributed by atoms with E-state index >= 15 is 0 Å². The number of para-hydroxylation sites is 2. The van der Waals surface area contributed by atoms with Gasteiger partial charge in [-0.25, -0.2) is 14.4 Å². The van der Waals surface area contributed by atoms with Gasteiger partial charge in [-0.05, 0) is 50.2 Å². The van der Waals surface area contributed by atoms with Crippen molar-refractivity contribution in [1.29, 1.82) is 0 Å². The van der Waals surface area contributed by atoms with E-state index in [1.54, 1.807) is 49.4 Å². The highest BCUT2D eigenvalue weighted by Gasteiger charge is 2.33. The lowest BCUT2D eigenvalue weighted by molar-refractivity contribution is -0.121. The Morgan fingerprint density at radius 2 is 1.11 bits per heavy atom. The van der Waals surface area contributed by atoms with Crippen LogP contribution in [0, 0.1) is 13.8 Å². The molecule has 0 aliphatic carbocycles. The molecule has 16 nitrogen and oxygen atoms in total. The van der Waals surface area contributed by atoms with E-state index in [1.165, 1.54) is 26.7 Å². The highest BCUT2D eigenvalue weighted by atomic mass is 16.3. The fraction of sp³-hybridized carbons (Fsp3) is 0.103. The third-order valence-electron chi connectivity index (χ3n) is 9.14. The molecule has 8 rings (SSSR count). The number of amidine groups is 1. The van der Waals surface area contributed by atoms with Gasteiger partial charge in [0.2, 0.25) is 17.8 Å². The average molecular weight is 735 g/mol. The molecule has 274 valence electrons. The maximum Gasteiger partial charge on any atom is 0.297 e. The Balaban J connectivity index is 1.22. The van der Waals surface area contributed by atoms with E-state index in [-0.39, 0.29) is 51.9 Å². The zero-order valence-electron chi connectivity index (χ0n) is 30.1. The molecule has 0 fully saturated rings. The van der Waals surface area contributed by atoms with Crippen LogP contribution < -0.4 is 27.2 Å². The van der Waals surface area contributed by atoms with Crippen molar-refractivity contribution in [3.8, 4) is 11.4 Å². The van der Waals surface area contributed by atoms with E-state index in [9.17, 15) is 14.4 Å². The Bertz CT molecular complexity index is 2600. The summed E-state index contributed by atoms with van der Waals surface area (Å²) in [5.41, 5.74) is 6.02. The summed E-state index contributed by atoms with van der Waals surface area (Å²) in [6.45, 7) is 3.58. The molecule has 1 aliphatic heterocycles. The van der Waals surface area contributed by atoms with E-state index in [1.807, 2.05) is 91.0 Å². The molecule has 0 unspecified atom stereocenters. The quantitative estimate of drug-likeness (QED) is 0.158. The Labute approximate surface area is 313 Å². The molecule has 0 saturated heterocycles. The maximum atomic E-state index is 13.9. The number of carbonyl (C=O) groups is 1. The van der Waals surface area contributed by atoms with Crippen LogP contribution in [0.1, 0.15) is 22.7 Å². The van der Waals surface area contributed by atoms with Crippen LogP contribution in [-0.2, 0) is 18.9 Å². The summed E-state index contributed by atoms with van der Waals surface area (Å²) in [6, 6.07) is 31.0. The van der Waals surface area contributed by atoms with Gasteiger partial charge in [0.25, 0.3) is 17.0 Å². The third kappa shape index (κ3) is 6.37. The van der Waals surface area contributed by atoms with Gasteiger partial charge in [0.05, 0.1) is 29.0 Å². The zero-order chi connectivity index (χ0) is 38.2. The second-order valence-corrected chi connectivity index (χ2v) is 12.5. The van der Waals surface area contributed by atoms with Gasteiger partial charge >= 0.3 is 0 Å². The Morgan fingerprint density at radius 3 is 1.60 bits per heavy atom. The first kappa shape index (κ1) is 34.3. The molecule has 0 radical (unpaired) electrons. The third-order valence-corrected chi connectivity index (χ3v) is 9.14. The molecular weight excluding hydrogens is 701 g/mol. The number of hydrazine groups is 1. The summed E-state index contributed by atoms with van der Waals surface area (Å²) < 4.78 is 11.9. The minimum atomic E-state index is -0.506. The maximum absolute atomic E-state index is 13.9. The number of rotatable bonds is 10. The summed E-state index contributed by atoms with van der Waals surface area (Å²) in [6.07, 6.45) is 3.04. The lowest BCUT2D eigenvalue weighted by Crippen LogP contribution is -2.38. The van der Waals surface area contributed by atoms with E-state index in [0.29, 0.717) is 34.1 Å². The van der Waals surface area contributed by atoms with Crippen LogP contribution in [0.5, 0.6) is 0 Å². The van der Waals surface area contributed by atoms with Crippen LogP contribution in [0.25, 0.3) is 17.5 Å². The topological polar surface area (TPSA) is 174 Å². The molecule has 1 aliphatic rings. The summed E-state index contributed by atoms with van der Waals surface area (Å²) in [7, 11) is 3.55. The van der Waals surface area contributed by atoms with E-state index < -0.39 is 5.91 Å². The van der Waals surface area contributed by atoms with Crippen LogP contribution >= 0.6 is 0 Å². The number of hydrogen-bond acceptors (Lipinski definition) is 11. The number of nitrogens with one attached hydrogen (secondary N) is 3. The van der Waals surface area contributed by atoms with Crippen molar-refractivity contribution in [3.05, 3.63) is 159 Å². The summed E-state index contributed by atoms with van der Waals surface area (Å²) >= 11 is 0. The predicted molar refractivity (Wildman–Crippen MR) is 208 cm³/mol. The van der Waals surface area contributed by atoms with Gasteiger partial charge in [0, 0.05) is 25.7 Å². The standard InChI is InChI=1S/C39H34N12O4/c1-24-31(35(53)50(47(24)3)27-17-10-6-11-18-27)41-37-43-38(42-32-25(2)48(4)51(36(32)54)28-19-12-7-13-20-28)45-39(44-37)46-49-33(26-15-8-5-9-16-26)40-30(34(49)52)23-29-21-14-22-55-29/h5-23H,1-4H3,(H3,41,42,43,44,45,46). The molecule has 55 heavy (non-hydrogen) atoms. The lowest BCUT2D eigenvalue weighted by atomic mass is 10.2. The number of carbonyl (C=O) groups excluding carboxylic acids is 1. The first-order chi connectivity index (χ1) is 26.7. The van der Waals surface area contributed by atoms with Gasteiger partial charge in [-0.15, -0.1) is 0 Å². The van der Waals surface area contributed by atoms with E-state index in [2.05, 4.69) is 36.0 Å². The van der Waals surface area contributed by atoms with Gasteiger partial charge in [-0.1, -0.05) is 66.7 Å². The van der Waals surface area contributed by atoms with Crippen molar-refractivity contribution in [2.75, 3.05) is 16.1 Å². The minimum absolute atomic E-state index is 0.0424. The minimum Gasteiger partial charge on any atom is -0.465 e. The van der Waals surface area contributed by atoms with Gasteiger partial charge < -0.3 is 15.1 Å². The van der Waals surface area contributed by atoms with Crippen molar-refractivity contribution < 1.29 is 9.21 Å². The van der Waals surface area contributed by atoms with E-state index in [0.717, 1.165) is 0 Å². The second kappa shape index (κ2) is 14.0. The number of benzene rings is 3. The smallest absolute Gasteiger partial charge is 0.297 e. The van der Waals surface area contributed by atoms with Crippen LogP contribution in [0.4, 0.5) is 29.2 Å². The van der Waals surface area contributed by atoms with Crippen molar-refractivity contribution in [2.45, 2.75) is 13.8 Å². The summed E-state index contributed by atoms with van der Waals surface area (Å²) in [5, 5.41) is 7.39. The fourth-order valence-corrected chi connectivity index (χ4v) is 6.20. The number of amides is 1. The molecule has 1 amide bonds. The van der Waals surface area contributed by atoms with Gasteiger partial charge in [0.1, 0.15) is 22.8 Å². The van der Waals surface area contributed by atoms with Crippen LogP contribution in [0.15, 0.2) is 134 Å². The van der Waals surface area contributed by atoms with Crippen LogP contribution in [0.2, 0.25) is 0 Å². The van der Waals surface area contributed by atoms with Gasteiger partial charge in [-0.3, -0.25) is 29.2 Å². The Kier molecular flexibility index (Phi) is 8.74. The Morgan fingerprint density at radius 1 is 0.618 bits per heavy atom. The molecule has 3 aromatic carbocycles. The molecule has 0 spiro atoms. The number of aliphatic imine (C=N–C) groups is 1. The van der Waals surface area contributed by atoms with E-state index in [4.69, 9.17) is 4.42 Å². The monoisotopic (exact) mass is 734 g/mol. The Hall–Kier alpha value is -7.75. The summed E-state index contributed by atoms with van der Waals surface area (Å²) in [4.78, 5) is 60.1. The van der Waals surface area contributed by atoms with Gasteiger partial charge in [0.15, 0.2) is 5.84 Å². The molecular formula is C39H34N12O4. The number of hydrogen-bond donors (Lipinski definition) is 3. The first-order valence-electron chi connectivity index (χ1n) is 17.2. The van der Waals surface area contributed by atoms with Crippen molar-refractivity contribution in [3.63, 3.8) is 0 Å². The molecule has 16 heteroatoms. The van der Waals surface area contributed by atoms with Gasteiger partial charge in [-0.2, -0.15) is 20.0 Å². The summed E-state index contributed by atoms with van der Waals surface area (Å²) in [5.74, 6) is 0.0397. The number of aromatic nitrogens is 7. The molecule has 0 atom stereocenters. The molecule has 0 bridgehead atoms. The van der Waals surface area contributed by atoms with Crippen molar-refractivity contribution >= 4 is 47.0 Å². The average Bonchev–Trinajstić information content (AvgIpc) is 3.93.